The summed E-state index contributed by atoms with van der Waals surface area (Å²) in [6.07, 6.45) is 20.9. The standard InChI is InChI=1S/C26H40/c1-3-21-5-9-23(10-6-21)13-15-25-17-19-26(20-18-25)16-14-24-11-7-22(4-2)8-12-24/h5-6,9-10,17,22,24,26H,3-4,7-8,11-16,18-20H2,1-2H3/t22-,24-,26?. The second kappa shape index (κ2) is 10.3. The Morgan fingerprint density at radius 2 is 1.38 bits per heavy atom. The van der Waals surface area contributed by atoms with Crippen LogP contribution in [0.1, 0.15) is 95.6 Å². The van der Waals surface area contributed by atoms with Gasteiger partial charge >= 0.3 is 0 Å². The van der Waals surface area contributed by atoms with Gasteiger partial charge in [-0.05, 0) is 73.8 Å². The Morgan fingerprint density at radius 3 is 2.00 bits per heavy atom. The summed E-state index contributed by atoms with van der Waals surface area (Å²) in [4.78, 5) is 0. The summed E-state index contributed by atoms with van der Waals surface area (Å²) in [6, 6.07) is 9.26. The smallest absolute Gasteiger partial charge is 0.0241 e. The van der Waals surface area contributed by atoms with E-state index in [1.165, 1.54) is 88.2 Å². The fourth-order valence-corrected chi connectivity index (χ4v) is 5.08. The van der Waals surface area contributed by atoms with Crippen LogP contribution in [0.5, 0.6) is 0 Å². The third-order valence-corrected chi connectivity index (χ3v) is 7.31. The van der Waals surface area contributed by atoms with Crippen molar-refractivity contribution in [3.63, 3.8) is 0 Å². The van der Waals surface area contributed by atoms with Gasteiger partial charge in [-0.2, -0.15) is 0 Å². The molecule has 2 aliphatic carbocycles. The number of allylic oxidation sites excluding steroid dienone is 2. The van der Waals surface area contributed by atoms with Crippen LogP contribution < -0.4 is 0 Å². The minimum absolute atomic E-state index is 0.978. The zero-order valence-corrected chi connectivity index (χ0v) is 17.3. The van der Waals surface area contributed by atoms with Crippen LogP contribution in [0.25, 0.3) is 0 Å². The van der Waals surface area contributed by atoms with Crippen LogP contribution in [0.15, 0.2) is 35.9 Å². The summed E-state index contributed by atoms with van der Waals surface area (Å²) in [5.41, 5.74) is 4.69. The van der Waals surface area contributed by atoms with Crippen LogP contribution >= 0.6 is 0 Å². The average molecular weight is 353 g/mol. The highest BCUT2D eigenvalue weighted by Crippen LogP contribution is 2.36. The molecule has 0 heteroatoms. The molecule has 0 heterocycles. The zero-order valence-electron chi connectivity index (χ0n) is 17.3. The van der Waals surface area contributed by atoms with E-state index in [9.17, 15) is 0 Å². The minimum atomic E-state index is 0.978. The summed E-state index contributed by atoms with van der Waals surface area (Å²) < 4.78 is 0. The van der Waals surface area contributed by atoms with Crippen molar-refractivity contribution in [2.75, 3.05) is 0 Å². The Kier molecular flexibility index (Phi) is 7.84. The van der Waals surface area contributed by atoms with Crippen molar-refractivity contribution in [1.29, 1.82) is 0 Å². The first-order valence-corrected chi connectivity index (χ1v) is 11.5. The first kappa shape index (κ1) is 19.7. The van der Waals surface area contributed by atoms with E-state index in [1.807, 2.05) is 0 Å². The average Bonchev–Trinajstić information content (AvgIpc) is 2.72. The highest BCUT2D eigenvalue weighted by Gasteiger charge is 2.21. The molecule has 0 amide bonds. The zero-order chi connectivity index (χ0) is 18.2. The molecule has 1 aromatic rings. The van der Waals surface area contributed by atoms with E-state index in [0.717, 1.165) is 24.2 Å². The van der Waals surface area contributed by atoms with Crippen molar-refractivity contribution >= 4 is 0 Å². The fourth-order valence-electron chi connectivity index (χ4n) is 5.08. The molecule has 0 spiro atoms. The molecular formula is C26H40. The molecule has 1 aromatic carbocycles. The summed E-state index contributed by atoms with van der Waals surface area (Å²) in [6.45, 7) is 4.60. The van der Waals surface area contributed by atoms with Gasteiger partial charge in [-0.1, -0.05) is 88.3 Å². The van der Waals surface area contributed by atoms with Gasteiger partial charge in [0.05, 0.1) is 0 Å². The SMILES string of the molecule is CCc1ccc(CCC2=CCC(CC[C@H]3CC[C@H](CC)CC3)CC2)cc1. The highest BCUT2D eigenvalue weighted by atomic mass is 14.3. The van der Waals surface area contributed by atoms with E-state index in [2.05, 4.69) is 44.2 Å². The molecule has 0 bridgehead atoms. The van der Waals surface area contributed by atoms with E-state index in [-0.39, 0.29) is 0 Å². The van der Waals surface area contributed by atoms with Crippen molar-refractivity contribution in [1.82, 2.24) is 0 Å². The summed E-state index contributed by atoms with van der Waals surface area (Å²) in [5, 5.41) is 0. The second-order valence-electron chi connectivity index (χ2n) is 9.05. The molecule has 1 fully saturated rings. The number of benzene rings is 1. The van der Waals surface area contributed by atoms with E-state index in [0.29, 0.717) is 0 Å². The molecule has 1 atom stereocenters. The first-order chi connectivity index (χ1) is 12.8. The summed E-state index contributed by atoms with van der Waals surface area (Å²) in [5.74, 6) is 3.07. The molecule has 0 aliphatic heterocycles. The van der Waals surface area contributed by atoms with E-state index < -0.39 is 0 Å². The molecule has 2 aliphatic rings. The first-order valence-electron chi connectivity index (χ1n) is 11.5. The predicted octanol–water partition coefficient (Wildman–Crippen LogP) is 7.90. The molecule has 144 valence electrons. The monoisotopic (exact) mass is 352 g/mol. The van der Waals surface area contributed by atoms with Gasteiger partial charge in [-0.3, -0.25) is 0 Å². The van der Waals surface area contributed by atoms with Gasteiger partial charge in [0.15, 0.2) is 0 Å². The maximum Gasteiger partial charge on any atom is -0.0241 e. The van der Waals surface area contributed by atoms with E-state index in [4.69, 9.17) is 0 Å². The molecule has 26 heavy (non-hydrogen) atoms. The molecule has 1 saturated carbocycles. The van der Waals surface area contributed by atoms with Crippen LogP contribution in [0.2, 0.25) is 0 Å². The van der Waals surface area contributed by atoms with Crippen molar-refractivity contribution < 1.29 is 0 Å². The fraction of sp³-hybridized carbons (Fsp3) is 0.692. The van der Waals surface area contributed by atoms with Crippen LogP contribution in [0, 0.1) is 17.8 Å². The predicted molar refractivity (Wildman–Crippen MR) is 115 cm³/mol. The van der Waals surface area contributed by atoms with Crippen LogP contribution in [-0.2, 0) is 12.8 Å². The van der Waals surface area contributed by atoms with Gasteiger partial charge in [-0.25, -0.2) is 0 Å². The van der Waals surface area contributed by atoms with Crippen LogP contribution in [-0.4, -0.2) is 0 Å². The maximum atomic E-state index is 2.60. The van der Waals surface area contributed by atoms with Gasteiger partial charge < -0.3 is 0 Å². The van der Waals surface area contributed by atoms with Crippen molar-refractivity contribution in [3.05, 3.63) is 47.0 Å². The topological polar surface area (TPSA) is 0 Å². The molecule has 0 aromatic heterocycles. The molecule has 0 nitrogen and oxygen atoms in total. The maximum absolute atomic E-state index is 2.60. The largest absolute Gasteiger partial charge is 0.0850 e. The number of aryl methyl sites for hydroxylation is 2. The lowest BCUT2D eigenvalue weighted by atomic mass is 9.76. The number of hydrogen-bond donors (Lipinski definition) is 0. The molecule has 0 radical (unpaired) electrons. The Bertz CT molecular complexity index is 542. The minimum Gasteiger partial charge on any atom is -0.0850 e. The van der Waals surface area contributed by atoms with Crippen molar-refractivity contribution in [2.24, 2.45) is 17.8 Å². The van der Waals surface area contributed by atoms with Crippen molar-refractivity contribution in [2.45, 2.75) is 97.3 Å². The second-order valence-corrected chi connectivity index (χ2v) is 9.05. The third kappa shape index (κ3) is 6.00. The Labute approximate surface area is 162 Å². The van der Waals surface area contributed by atoms with E-state index >= 15 is 0 Å². The Balaban J connectivity index is 1.34. The number of rotatable bonds is 8. The van der Waals surface area contributed by atoms with Crippen molar-refractivity contribution in [3.8, 4) is 0 Å². The lowest BCUT2D eigenvalue weighted by Crippen LogP contribution is -2.15. The van der Waals surface area contributed by atoms with Crippen LogP contribution in [0.3, 0.4) is 0 Å². The quantitative estimate of drug-likeness (QED) is 0.417. The van der Waals surface area contributed by atoms with Gasteiger partial charge in [-0.15, -0.1) is 0 Å². The number of hydrogen-bond acceptors (Lipinski definition) is 0. The third-order valence-electron chi connectivity index (χ3n) is 7.31. The summed E-state index contributed by atoms with van der Waals surface area (Å²) in [7, 11) is 0. The lowest BCUT2D eigenvalue weighted by molar-refractivity contribution is 0.241. The molecule has 1 unspecified atom stereocenters. The van der Waals surface area contributed by atoms with Gasteiger partial charge in [0.2, 0.25) is 0 Å². The summed E-state index contributed by atoms with van der Waals surface area (Å²) >= 11 is 0. The Hall–Kier alpha value is -1.04. The normalized spacial score (nSPS) is 26.5. The van der Waals surface area contributed by atoms with Gasteiger partial charge in [0, 0.05) is 0 Å². The molecule has 0 N–H and O–H groups in total. The Morgan fingerprint density at radius 1 is 0.731 bits per heavy atom. The molecular weight excluding hydrogens is 312 g/mol. The van der Waals surface area contributed by atoms with E-state index in [1.54, 1.807) is 5.57 Å². The molecule has 3 rings (SSSR count). The lowest BCUT2D eigenvalue weighted by Gasteiger charge is -2.29. The van der Waals surface area contributed by atoms with Crippen LogP contribution in [0.4, 0.5) is 0 Å². The molecule has 0 saturated heterocycles. The highest BCUT2D eigenvalue weighted by molar-refractivity contribution is 5.23. The van der Waals surface area contributed by atoms with Gasteiger partial charge in [0.25, 0.3) is 0 Å². The van der Waals surface area contributed by atoms with Gasteiger partial charge in [0.1, 0.15) is 0 Å².